The molecule has 0 aromatic heterocycles. The van der Waals surface area contributed by atoms with E-state index in [-0.39, 0.29) is 36.9 Å². The number of aliphatic hydroxyl groups excluding tert-OH is 1. The average molecular weight is 548 g/mol. The number of nitrogens with zero attached hydrogens (tertiary/aromatic N) is 2. The molecule has 10 nitrogen and oxygen atoms in total. The molecule has 39 heavy (non-hydrogen) atoms. The van der Waals surface area contributed by atoms with Crippen molar-refractivity contribution in [3.05, 3.63) is 25.3 Å². The fourth-order valence-electron chi connectivity index (χ4n) is 6.45. The first-order valence-electron chi connectivity index (χ1n) is 14.2. The summed E-state index contributed by atoms with van der Waals surface area (Å²) in [6.45, 7) is 14.9. The van der Waals surface area contributed by atoms with E-state index < -0.39 is 47.7 Å². The number of allylic oxidation sites excluding steroid dienone is 1. The smallest absolute Gasteiger partial charge is 0.312 e. The van der Waals surface area contributed by atoms with Crippen LogP contribution in [0.2, 0.25) is 0 Å². The van der Waals surface area contributed by atoms with Gasteiger partial charge in [0, 0.05) is 19.0 Å². The number of aliphatic hydroxyl groups is 1. The van der Waals surface area contributed by atoms with Crippen LogP contribution in [0.3, 0.4) is 0 Å². The number of rotatable bonds is 15. The minimum atomic E-state index is -1.17. The molecule has 0 aromatic rings. The van der Waals surface area contributed by atoms with Gasteiger partial charge >= 0.3 is 5.97 Å². The standard InChI is InChI=1S/C29H45N3O7/c1-7-10-12-22(34)30-16-20(6)38-28(37)23-21-13-14-29(39-21)24(23)26(35)32(19(5)17-33)25(29)27(36)31(15-9-3)18(4)11-8-2/h7,9,18-21,23-25,33H,1,3,8,10-17H2,2,4-6H3,(H,30,34)/t18?,19-,20-,21-,23+,24+,25-,29+/m1/s1. The fourth-order valence-corrected chi connectivity index (χ4v) is 6.45. The van der Waals surface area contributed by atoms with Crippen LogP contribution in [0.5, 0.6) is 0 Å². The third kappa shape index (κ3) is 5.91. The van der Waals surface area contributed by atoms with Crippen LogP contribution in [0.25, 0.3) is 0 Å². The molecule has 3 saturated heterocycles. The third-order valence-electron chi connectivity index (χ3n) is 8.31. The minimum absolute atomic E-state index is 0.0840. The van der Waals surface area contributed by atoms with Gasteiger partial charge in [0.2, 0.25) is 17.7 Å². The molecule has 218 valence electrons. The van der Waals surface area contributed by atoms with E-state index in [2.05, 4.69) is 18.5 Å². The van der Waals surface area contributed by atoms with Crippen LogP contribution in [0, 0.1) is 11.8 Å². The molecule has 3 aliphatic rings. The molecule has 1 unspecified atom stereocenters. The van der Waals surface area contributed by atoms with Gasteiger partial charge in [-0.05, 0) is 46.5 Å². The molecule has 8 atom stereocenters. The summed E-state index contributed by atoms with van der Waals surface area (Å²) in [5.41, 5.74) is -1.17. The van der Waals surface area contributed by atoms with Crippen molar-refractivity contribution in [2.45, 2.75) is 102 Å². The van der Waals surface area contributed by atoms with E-state index in [0.29, 0.717) is 32.2 Å². The van der Waals surface area contributed by atoms with Crippen molar-refractivity contribution in [2.75, 3.05) is 19.7 Å². The Bertz CT molecular complexity index is 955. The van der Waals surface area contributed by atoms with Gasteiger partial charge in [0.05, 0.1) is 37.1 Å². The Kier molecular flexibility index (Phi) is 10.3. The Labute approximate surface area is 231 Å². The molecule has 10 heteroatoms. The number of amides is 3. The van der Waals surface area contributed by atoms with E-state index in [0.717, 1.165) is 12.8 Å². The van der Waals surface area contributed by atoms with Crippen LogP contribution in [0.4, 0.5) is 0 Å². The number of carbonyl (C=O) groups excluding carboxylic acids is 4. The number of likely N-dealkylation sites (tertiary alicyclic amines) is 1. The second-order valence-electron chi connectivity index (χ2n) is 11.1. The van der Waals surface area contributed by atoms with Gasteiger partial charge in [-0.3, -0.25) is 19.2 Å². The van der Waals surface area contributed by atoms with E-state index in [4.69, 9.17) is 9.47 Å². The summed E-state index contributed by atoms with van der Waals surface area (Å²) >= 11 is 0. The highest BCUT2D eigenvalue weighted by Crippen LogP contribution is 2.59. The van der Waals surface area contributed by atoms with Crippen LogP contribution in [0.1, 0.15) is 66.2 Å². The van der Waals surface area contributed by atoms with Crippen molar-refractivity contribution in [1.29, 1.82) is 0 Å². The van der Waals surface area contributed by atoms with Crippen molar-refractivity contribution in [1.82, 2.24) is 15.1 Å². The van der Waals surface area contributed by atoms with Crippen molar-refractivity contribution in [2.24, 2.45) is 11.8 Å². The monoisotopic (exact) mass is 547 g/mol. The van der Waals surface area contributed by atoms with Crippen molar-refractivity contribution < 1.29 is 33.8 Å². The predicted octanol–water partition coefficient (Wildman–Crippen LogP) is 1.96. The lowest BCUT2D eigenvalue weighted by molar-refractivity contribution is -0.160. The molecule has 3 amide bonds. The van der Waals surface area contributed by atoms with Gasteiger partial charge < -0.3 is 29.7 Å². The minimum Gasteiger partial charge on any atom is -0.460 e. The maximum atomic E-state index is 14.2. The van der Waals surface area contributed by atoms with E-state index in [1.54, 1.807) is 30.9 Å². The molecule has 2 bridgehead atoms. The van der Waals surface area contributed by atoms with Crippen LogP contribution in [0.15, 0.2) is 25.3 Å². The quantitative estimate of drug-likeness (QED) is 0.237. The molecular formula is C29H45N3O7. The second kappa shape index (κ2) is 13.1. The number of ether oxygens (including phenoxy) is 2. The zero-order valence-electron chi connectivity index (χ0n) is 23.8. The van der Waals surface area contributed by atoms with Gasteiger partial charge in [0.1, 0.15) is 17.7 Å². The van der Waals surface area contributed by atoms with Crippen LogP contribution in [-0.2, 0) is 28.7 Å². The summed E-state index contributed by atoms with van der Waals surface area (Å²) in [4.78, 5) is 56.7. The molecule has 2 N–H and O–H groups in total. The van der Waals surface area contributed by atoms with E-state index >= 15 is 0 Å². The summed E-state index contributed by atoms with van der Waals surface area (Å²) < 4.78 is 12.1. The number of hydrogen-bond donors (Lipinski definition) is 2. The highest BCUT2D eigenvalue weighted by atomic mass is 16.6. The molecule has 1 spiro atoms. The summed E-state index contributed by atoms with van der Waals surface area (Å²) in [7, 11) is 0. The molecule has 3 heterocycles. The van der Waals surface area contributed by atoms with Crippen LogP contribution < -0.4 is 5.32 Å². The number of hydrogen-bond acceptors (Lipinski definition) is 7. The van der Waals surface area contributed by atoms with Crippen LogP contribution >= 0.6 is 0 Å². The molecule has 3 fully saturated rings. The first-order valence-corrected chi connectivity index (χ1v) is 14.2. The lowest BCUT2D eigenvalue weighted by Gasteiger charge is -2.40. The highest BCUT2D eigenvalue weighted by Gasteiger charge is 2.75. The molecule has 0 saturated carbocycles. The zero-order chi connectivity index (χ0) is 28.9. The number of esters is 1. The summed E-state index contributed by atoms with van der Waals surface area (Å²) in [6.07, 6.45) is 5.68. The third-order valence-corrected chi connectivity index (χ3v) is 8.31. The SMILES string of the molecule is C=CCCC(=O)NC[C@@H](C)OC(=O)[C@@H]1[C@H]2C(=O)N([C@H](C)CO)[C@H](C(=O)N(CC=C)C(C)CCC)[C@]23CC[C@H]1O3. The Morgan fingerprint density at radius 2 is 2.00 bits per heavy atom. The van der Waals surface area contributed by atoms with Crippen molar-refractivity contribution in [3.63, 3.8) is 0 Å². The van der Waals surface area contributed by atoms with Gasteiger partial charge in [-0.25, -0.2) is 0 Å². The maximum Gasteiger partial charge on any atom is 0.312 e. The lowest BCUT2D eigenvalue weighted by Crippen LogP contribution is -2.59. The Balaban J connectivity index is 1.86. The number of fused-ring (bicyclic) bond motifs is 1. The Hall–Kier alpha value is -2.72. The normalized spacial score (nSPS) is 29.4. The molecule has 0 aromatic carbocycles. The van der Waals surface area contributed by atoms with Gasteiger partial charge in [-0.1, -0.05) is 25.5 Å². The first-order chi connectivity index (χ1) is 18.6. The average Bonchev–Trinajstić information content (AvgIpc) is 3.55. The predicted molar refractivity (Wildman–Crippen MR) is 145 cm³/mol. The van der Waals surface area contributed by atoms with E-state index in [1.165, 1.54) is 4.90 Å². The second-order valence-corrected chi connectivity index (χ2v) is 11.1. The molecule has 3 rings (SSSR count). The highest BCUT2D eigenvalue weighted by molar-refractivity contribution is 5.98. The molecule has 3 aliphatic heterocycles. The van der Waals surface area contributed by atoms with E-state index in [9.17, 15) is 24.3 Å². The zero-order valence-corrected chi connectivity index (χ0v) is 23.8. The molecule has 0 radical (unpaired) electrons. The van der Waals surface area contributed by atoms with Crippen molar-refractivity contribution >= 4 is 23.7 Å². The fraction of sp³-hybridized carbons (Fsp3) is 0.724. The number of carbonyl (C=O) groups is 4. The summed E-state index contributed by atoms with van der Waals surface area (Å²) in [6, 6.07) is -1.68. The topological polar surface area (TPSA) is 125 Å². The van der Waals surface area contributed by atoms with Gasteiger partial charge in [-0.2, -0.15) is 0 Å². The summed E-state index contributed by atoms with van der Waals surface area (Å²) in [5, 5.41) is 12.8. The number of nitrogens with one attached hydrogen (secondary N) is 1. The van der Waals surface area contributed by atoms with Gasteiger partial charge in [-0.15, -0.1) is 13.2 Å². The van der Waals surface area contributed by atoms with E-state index in [1.807, 2.05) is 13.8 Å². The Morgan fingerprint density at radius 1 is 1.28 bits per heavy atom. The van der Waals surface area contributed by atoms with Gasteiger partial charge in [0.25, 0.3) is 0 Å². The largest absolute Gasteiger partial charge is 0.460 e. The first kappa shape index (κ1) is 30.8. The van der Waals surface area contributed by atoms with Crippen LogP contribution in [-0.4, -0.2) is 94.2 Å². The maximum absolute atomic E-state index is 14.2. The summed E-state index contributed by atoms with van der Waals surface area (Å²) in [5.74, 6) is -3.10. The molecule has 0 aliphatic carbocycles. The Morgan fingerprint density at radius 3 is 2.62 bits per heavy atom. The lowest BCUT2D eigenvalue weighted by atomic mass is 9.70. The van der Waals surface area contributed by atoms with Gasteiger partial charge in [0.15, 0.2) is 0 Å². The molecular weight excluding hydrogens is 502 g/mol. The van der Waals surface area contributed by atoms with Crippen molar-refractivity contribution in [3.8, 4) is 0 Å².